The first kappa shape index (κ1) is 9.65. The Morgan fingerprint density at radius 1 is 1.64 bits per heavy atom. The van der Waals surface area contributed by atoms with Gasteiger partial charge in [-0.05, 0) is 26.2 Å². The average Bonchev–Trinajstić information content (AvgIpc) is 2.92. The van der Waals surface area contributed by atoms with Crippen LogP contribution in [0.2, 0.25) is 0 Å². The van der Waals surface area contributed by atoms with Crippen LogP contribution in [0.25, 0.3) is 0 Å². The lowest BCUT2D eigenvalue weighted by Gasteiger charge is -2.12. The Labute approximate surface area is 84.7 Å². The molecule has 4 heteroatoms. The molecule has 1 fully saturated rings. The molecule has 0 spiro atoms. The molecule has 1 aliphatic carbocycles. The molecular formula is C10H18N4. The summed E-state index contributed by atoms with van der Waals surface area (Å²) in [4.78, 5) is 4.27. The summed E-state index contributed by atoms with van der Waals surface area (Å²) in [6, 6.07) is 1.19. The summed E-state index contributed by atoms with van der Waals surface area (Å²) in [5, 5.41) is 7.71. The molecule has 1 N–H and O–H groups in total. The van der Waals surface area contributed by atoms with Gasteiger partial charge >= 0.3 is 0 Å². The fourth-order valence-corrected chi connectivity index (χ4v) is 1.46. The van der Waals surface area contributed by atoms with Crippen LogP contribution in [-0.2, 0) is 6.54 Å². The molecule has 0 radical (unpaired) electrons. The predicted octanol–water partition coefficient (Wildman–Crippen LogP) is 1.50. The van der Waals surface area contributed by atoms with Gasteiger partial charge in [0.1, 0.15) is 12.2 Å². The van der Waals surface area contributed by atoms with Crippen LogP contribution >= 0.6 is 0 Å². The zero-order chi connectivity index (χ0) is 9.97. The van der Waals surface area contributed by atoms with Gasteiger partial charge < -0.3 is 5.32 Å². The summed E-state index contributed by atoms with van der Waals surface area (Å²) in [6.07, 6.45) is 5.38. The van der Waals surface area contributed by atoms with Crippen molar-refractivity contribution in [1.82, 2.24) is 20.1 Å². The molecule has 1 aliphatic rings. The van der Waals surface area contributed by atoms with Crippen molar-refractivity contribution in [3.63, 3.8) is 0 Å². The molecule has 1 aromatic heterocycles. The maximum Gasteiger partial charge on any atom is 0.141 e. The molecule has 0 aliphatic heterocycles. The molecule has 0 saturated heterocycles. The Morgan fingerprint density at radius 3 is 3.07 bits per heavy atom. The Bertz CT molecular complexity index is 290. The smallest absolute Gasteiger partial charge is 0.141 e. The van der Waals surface area contributed by atoms with E-state index in [2.05, 4.69) is 29.2 Å². The minimum absolute atomic E-state index is 0.452. The van der Waals surface area contributed by atoms with Crippen molar-refractivity contribution in [2.75, 3.05) is 0 Å². The number of nitrogens with one attached hydrogen (secondary N) is 1. The highest BCUT2D eigenvalue weighted by molar-refractivity contribution is 4.90. The largest absolute Gasteiger partial charge is 0.307 e. The van der Waals surface area contributed by atoms with Crippen LogP contribution in [0.5, 0.6) is 0 Å². The molecule has 78 valence electrons. The predicted molar refractivity (Wildman–Crippen MR) is 54.9 cm³/mol. The first-order valence-corrected chi connectivity index (χ1v) is 5.43. The topological polar surface area (TPSA) is 42.7 Å². The summed E-state index contributed by atoms with van der Waals surface area (Å²) < 4.78 is 2.02. The van der Waals surface area contributed by atoms with Gasteiger partial charge in [-0.25, -0.2) is 9.67 Å². The number of hydrogen-bond donors (Lipinski definition) is 1. The normalized spacial score (nSPS) is 18.4. The van der Waals surface area contributed by atoms with Crippen LogP contribution in [0.1, 0.15) is 45.0 Å². The molecular weight excluding hydrogens is 176 g/mol. The first-order valence-electron chi connectivity index (χ1n) is 5.43. The van der Waals surface area contributed by atoms with Crippen molar-refractivity contribution in [3.05, 3.63) is 12.2 Å². The SMILES string of the molecule is CCC(C)n1ncnc1CNC1CC1. The quantitative estimate of drug-likeness (QED) is 0.772. The lowest BCUT2D eigenvalue weighted by Crippen LogP contribution is -2.20. The van der Waals surface area contributed by atoms with Crippen molar-refractivity contribution in [2.45, 2.75) is 51.7 Å². The third kappa shape index (κ3) is 2.12. The van der Waals surface area contributed by atoms with Gasteiger partial charge in [0.25, 0.3) is 0 Å². The van der Waals surface area contributed by atoms with Gasteiger partial charge in [-0.3, -0.25) is 0 Å². The Kier molecular flexibility index (Phi) is 2.82. The van der Waals surface area contributed by atoms with Gasteiger partial charge in [-0.15, -0.1) is 0 Å². The lowest BCUT2D eigenvalue weighted by molar-refractivity contribution is 0.447. The summed E-state index contributed by atoms with van der Waals surface area (Å²) in [5.74, 6) is 1.06. The second-order valence-corrected chi connectivity index (χ2v) is 4.03. The third-order valence-electron chi connectivity index (χ3n) is 2.78. The fourth-order valence-electron chi connectivity index (χ4n) is 1.46. The molecule has 2 rings (SSSR count). The maximum absolute atomic E-state index is 4.27. The molecule has 14 heavy (non-hydrogen) atoms. The Hall–Kier alpha value is -0.900. The van der Waals surface area contributed by atoms with Gasteiger partial charge in [0.2, 0.25) is 0 Å². The molecule has 0 aromatic carbocycles. The molecule has 1 heterocycles. The molecule has 1 aromatic rings. The van der Waals surface area contributed by atoms with Crippen molar-refractivity contribution in [3.8, 4) is 0 Å². The molecule has 1 saturated carbocycles. The van der Waals surface area contributed by atoms with Gasteiger partial charge in [0, 0.05) is 6.04 Å². The van der Waals surface area contributed by atoms with Crippen LogP contribution in [0.15, 0.2) is 6.33 Å². The van der Waals surface area contributed by atoms with Crippen molar-refractivity contribution in [2.24, 2.45) is 0 Å². The van der Waals surface area contributed by atoms with E-state index in [1.165, 1.54) is 12.8 Å². The zero-order valence-electron chi connectivity index (χ0n) is 8.90. The van der Waals surface area contributed by atoms with E-state index in [1.54, 1.807) is 6.33 Å². The summed E-state index contributed by atoms with van der Waals surface area (Å²) in [7, 11) is 0. The van der Waals surface area contributed by atoms with E-state index in [0.29, 0.717) is 6.04 Å². The standard InChI is InChI=1S/C10H18N4/c1-3-8(2)14-10(12-7-13-14)6-11-9-4-5-9/h7-9,11H,3-6H2,1-2H3. The van der Waals surface area contributed by atoms with E-state index in [0.717, 1.165) is 24.8 Å². The monoisotopic (exact) mass is 194 g/mol. The zero-order valence-corrected chi connectivity index (χ0v) is 8.90. The van der Waals surface area contributed by atoms with Crippen LogP contribution in [0.4, 0.5) is 0 Å². The second kappa shape index (κ2) is 4.09. The molecule has 1 atom stereocenters. The molecule has 1 unspecified atom stereocenters. The third-order valence-corrected chi connectivity index (χ3v) is 2.78. The number of rotatable bonds is 5. The molecule has 0 amide bonds. The highest BCUT2D eigenvalue weighted by Gasteiger charge is 2.21. The second-order valence-electron chi connectivity index (χ2n) is 4.03. The van der Waals surface area contributed by atoms with Gasteiger partial charge in [0.05, 0.1) is 12.6 Å². The Balaban J connectivity index is 1.96. The van der Waals surface area contributed by atoms with E-state index in [-0.39, 0.29) is 0 Å². The van der Waals surface area contributed by atoms with Gasteiger partial charge in [0.15, 0.2) is 0 Å². The van der Waals surface area contributed by atoms with Crippen molar-refractivity contribution >= 4 is 0 Å². The highest BCUT2D eigenvalue weighted by atomic mass is 15.4. The van der Waals surface area contributed by atoms with Crippen LogP contribution in [0, 0.1) is 0 Å². The minimum Gasteiger partial charge on any atom is -0.307 e. The minimum atomic E-state index is 0.452. The van der Waals surface area contributed by atoms with Crippen LogP contribution in [0.3, 0.4) is 0 Å². The van der Waals surface area contributed by atoms with E-state index in [1.807, 2.05) is 4.68 Å². The maximum atomic E-state index is 4.27. The van der Waals surface area contributed by atoms with E-state index >= 15 is 0 Å². The average molecular weight is 194 g/mol. The fraction of sp³-hybridized carbons (Fsp3) is 0.800. The summed E-state index contributed by atoms with van der Waals surface area (Å²) in [6.45, 7) is 5.20. The van der Waals surface area contributed by atoms with E-state index < -0.39 is 0 Å². The number of hydrogen-bond acceptors (Lipinski definition) is 3. The van der Waals surface area contributed by atoms with Crippen LogP contribution < -0.4 is 5.32 Å². The van der Waals surface area contributed by atoms with Gasteiger partial charge in [-0.1, -0.05) is 6.92 Å². The summed E-state index contributed by atoms with van der Waals surface area (Å²) >= 11 is 0. The van der Waals surface area contributed by atoms with E-state index in [9.17, 15) is 0 Å². The number of nitrogens with zero attached hydrogens (tertiary/aromatic N) is 3. The first-order chi connectivity index (χ1) is 6.81. The molecule has 0 bridgehead atoms. The lowest BCUT2D eigenvalue weighted by atomic mass is 10.3. The highest BCUT2D eigenvalue weighted by Crippen LogP contribution is 2.19. The van der Waals surface area contributed by atoms with Crippen molar-refractivity contribution in [1.29, 1.82) is 0 Å². The Morgan fingerprint density at radius 2 is 2.43 bits per heavy atom. The van der Waals surface area contributed by atoms with E-state index in [4.69, 9.17) is 0 Å². The molecule has 4 nitrogen and oxygen atoms in total. The number of aromatic nitrogens is 3. The van der Waals surface area contributed by atoms with Crippen LogP contribution in [-0.4, -0.2) is 20.8 Å². The summed E-state index contributed by atoms with van der Waals surface area (Å²) in [5.41, 5.74) is 0. The van der Waals surface area contributed by atoms with Crippen molar-refractivity contribution < 1.29 is 0 Å². The van der Waals surface area contributed by atoms with Gasteiger partial charge in [-0.2, -0.15) is 5.10 Å².